The molecule has 0 saturated carbocycles. The average Bonchev–Trinajstić information content (AvgIpc) is 2.55. The lowest BCUT2D eigenvalue weighted by molar-refractivity contribution is -0.114. The molecular weight excluding hydrogens is 368 g/mol. The van der Waals surface area contributed by atoms with Gasteiger partial charge in [0.1, 0.15) is 11.5 Å². The van der Waals surface area contributed by atoms with Crippen LogP contribution in [0.2, 0.25) is 5.02 Å². The lowest BCUT2D eigenvalue weighted by atomic mass is 10.3. The Morgan fingerprint density at radius 2 is 1.64 bits per heavy atom. The summed E-state index contributed by atoms with van der Waals surface area (Å²) in [6.07, 6.45) is 0. The first-order valence-electron chi connectivity index (χ1n) is 7.08. The highest BCUT2D eigenvalue weighted by Crippen LogP contribution is 2.29. The van der Waals surface area contributed by atoms with Crippen LogP contribution < -0.4 is 19.5 Å². The second kappa shape index (κ2) is 7.62. The van der Waals surface area contributed by atoms with Crippen molar-refractivity contribution in [1.29, 1.82) is 0 Å². The molecule has 7 nitrogen and oxygen atoms in total. The molecule has 0 aliphatic rings. The van der Waals surface area contributed by atoms with Gasteiger partial charge in [-0.1, -0.05) is 11.6 Å². The van der Waals surface area contributed by atoms with Crippen LogP contribution in [0.5, 0.6) is 11.5 Å². The number of halogens is 1. The van der Waals surface area contributed by atoms with Gasteiger partial charge < -0.3 is 14.8 Å². The summed E-state index contributed by atoms with van der Waals surface area (Å²) in [5, 5.41) is 2.62. The van der Waals surface area contributed by atoms with Gasteiger partial charge >= 0.3 is 0 Å². The number of anilines is 2. The van der Waals surface area contributed by atoms with E-state index in [1.165, 1.54) is 51.5 Å². The van der Waals surface area contributed by atoms with Crippen LogP contribution in [-0.2, 0) is 14.8 Å². The third kappa shape index (κ3) is 4.77. The summed E-state index contributed by atoms with van der Waals surface area (Å²) in [7, 11) is -0.958. The Hall–Kier alpha value is -2.45. The Morgan fingerprint density at radius 1 is 1.04 bits per heavy atom. The number of carbonyl (C=O) groups excluding carboxylic acids is 1. The van der Waals surface area contributed by atoms with Crippen LogP contribution in [0.25, 0.3) is 0 Å². The van der Waals surface area contributed by atoms with Crippen molar-refractivity contribution in [1.82, 2.24) is 0 Å². The third-order valence-corrected chi connectivity index (χ3v) is 4.86. The Kier molecular flexibility index (Phi) is 5.76. The van der Waals surface area contributed by atoms with E-state index in [0.29, 0.717) is 17.2 Å². The first kappa shape index (κ1) is 18.9. The van der Waals surface area contributed by atoms with Gasteiger partial charge in [-0.2, -0.15) is 0 Å². The molecule has 2 rings (SSSR count). The first-order valence-corrected chi connectivity index (χ1v) is 8.94. The summed E-state index contributed by atoms with van der Waals surface area (Å²) in [6, 6.07) is 8.69. The van der Waals surface area contributed by atoms with Crippen molar-refractivity contribution in [3.63, 3.8) is 0 Å². The van der Waals surface area contributed by atoms with Crippen LogP contribution in [0.15, 0.2) is 41.3 Å². The molecule has 0 radical (unpaired) electrons. The number of nitrogens with one attached hydrogen (secondary N) is 2. The molecule has 0 spiro atoms. The van der Waals surface area contributed by atoms with Gasteiger partial charge in [-0.3, -0.25) is 9.52 Å². The summed E-state index contributed by atoms with van der Waals surface area (Å²) in [5.41, 5.74) is 0.606. The molecule has 0 bridgehead atoms. The van der Waals surface area contributed by atoms with E-state index in [2.05, 4.69) is 10.0 Å². The number of ether oxygens (including phenoxy) is 2. The lowest BCUT2D eigenvalue weighted by Crippen LogP contribution is -2.13. The molecule has 2 aromatic rings. The van der Waals surface area contributed by atoms with Gasteiger partial charge in [-0.15, -0.1) is 0 Å². The fourth-order valence-corrected chi connectivity index (χ4v) is 3.39. The predicted molar refractivity (Wildman–Crippen MR) is 96.1 cm³/mol. The Balaban J connectivity index is 2.33. The molecule has 2 aromatic carbocycles. The third-order valence-electron chi connectivity index (χ3n) is 3.17. The van der Waals surface area contributed by atoms with Crippen LogP contribution in [0.1, 0.15) is 6.92 Å². The van der Waals surface area contributed by atoms with Gasteiger partial charge in [-0.25, -0.2) is 8.42 Å². The molecule has 0 fully saturated rings. The SMILES string of the molecule is COc1cc(NS(=O)(=O)c2ccc(NC(C)=O)c(Cl)c2)cc(OC)c1. The maximum atomic E-state index is 12.5. The van der Waals surface area contributed by atoms with E-state index >= 15 is 0 Å². The van der Waals surface area contributed by atoms with Crippen molar-refractivity contribution in [2.45, 2.75) is 11.8 Å². The van der Waals surface area contributed by atoms with E-state index in [4.69, 9.17) is 21.1 Å². The number of amides is 1. The molecular formula is C16H17ClN2O5S. The number of hydrogen-bond acceptors (Lipinski definition) is 5. The zero-order valence-corrected chi connectivity index (χ0v) is 15.4. The first-order chi connectivity index (χ1) is 11.7. The van der Waals surface area contributed by atoms with E-state index in [0.717, 1.165) is 0 Å². The molecule has 0 unspecified atom stereocenters. The molecule has 1 amide bonds. The summed E-state index contributed by atoms with van der Waals surface area (Å²) >= 11 is 6.03. The van der Waals surface area contributed by atoms with E-state index < -0.39 is 10.0 Å². The van der Waals surface area contributed by atoms with Crippen molar-refractivity contribution in [3.05, 3.63) is 41.4 Å². The molecule has 0 heterocycles. The molecule has 0 aliphatic heterocycles. The maximum absolute atomic E-state index is 12.5. The van der Waals surface area contributed by atoms with Crippen molar-refractivity contribution < 1.29 is 22.7 Å². The minimum absolute atomic E-state index is 0.0478. The molecule has 0 aromatic heterocycles. The number of benzene rings is 2. The largest absolute Gasteiger partial charge is 0.497 e. The number of rotatable bonds is 6. The van der Waals surface area contributed by atoms with Crippen LogP contribution in [0.4, 0.5) is 11.4 Å². The number of sulfonamides is 1. The monoisotopic (exact) mass is 384 g/mol. The van der Waals surface area contributed by atoms with Crippen molar-refractivity contribution in [2.24, 2.45) is 0 Å². The fourth-order valence-electron chi connectivity index (χ4n) is 2.03. The van der Waals surface area contributed by atoms with Crippen molar-refractivity contribution >= 4 is 38.9 Å². The van der Waals surface area contributed by atoms with Crippen LogP contribution in [0.3, 0.4) is 0 Å². The van der Waals surface area contributed by atoms with Gasteiger partial charge in [0.15, 0.2) is 0 Å². The number of methoxy groups -OCH3 is 2. The predicted octanol–water partition coefficient (Wildman–Crippen LogP) is 3.12. The molecule has 0 aliphatic carbocycles. The molecule has 0 saturated heterocycles. The second-order valence-electron chi connectivity index (χ2n) is 5.03. The Morgan fingerprint density at radius 3 is 2.12 bits per heavy atom. The molecule has 134 valence electrons. The highest BCUT2D eigenvalue weighted by Gasteiger charge is 2.17. The van der Waals surface area contributed by atoms with Gasteiger partial charge in [0.05, 0.1) is 35.5 Å². The lowest BCUT2D eigenvalue weighted by Gasteiger charge is -2.12. The molecule has 2 N–H and O–H groups in total. The standard InChI is InChI=1S/C16H17ClN2O5S/c1-10(20)18-16-5-4-14(9-15(16)17)25(21,22)19-11-6-12(23-2)8-13(7-11)24-3/h4-9,19H,1-3H3,(H,18,20). The van der Waals surface area contributed by atoms with E-state index in [-0.39, 0.29) is 21.5 Å². The quantitative estimate of drug-likeness (QED) is 0.798. The summed E-state index contributed by atoms with van der Waals surface area (Å²) in [6.45, 7) is 1.33. The fraction of sp³-hybridized carbons (Fsp3) is 0.188. The van der Waals surface area contributed by atoms with E-state index in [1.54, 1.807) is 6.07 Å². The van der Waals surface area contributed by atoms with Gasteiger partial charge in [0, 0.05) is 25.1 Å². The zero-order chi connectivity index (χ0) is 18.6. The molecule has 0 atom stereocenters. The van der Waals surface area contributed by atoms with Crippen molar-refractivity contribution in [2.75, 3.05) is 24.3 Å². The van der Waals surface area contributed by atoms with Gasteiger partial charge in [-0.05, 0) is 18.2 Å². The topological polar surface area (TPSA) is 93.7 Å². The van der Waals surface area contributed by atoms with Gasteiger partial charge in [0.2, 0.25) is 5.91 Å². The number of carbonyl (C=O) groups is 1. The molecule has 9 heteroatoms. The average molecular weight is 385 g/mol. The second-order valence-corrected chi connectivity index (χ2v) is 7.12. The van der Waals surface area contributed by atoms with Crippen LogP contribution in [0, 0.1) is 0 Å². The summed E-state index contributed by atoms with van der Waals surface area (Å²) in [5.74, 6) is 0.575. The highest BCUT2D eigenvalue weighted by molar-refractivity contribution is 7.92. The summed E-state index contributed by atoms with van der Waals surface area (Å²) < 4.78 is 37.8. The minimum Gasteiger partial charge on any atom is -0.497 e. The minimum atomic E-state index is -3.89. The number of hydrogen-bond donors (Lipinski definition) is 2. The van der Waals surface area contributed by atoms with Crippen molar-refractivity contribution in [3.8, 4) is 11.5 Å². The maximum Gasteiger partial charge on any atom is 0.261 e. The Labute approximate surface area is 151 Å². The normalized spacial score (nSPS) is 10.9. The summed E-state index contributed by atoms with van der Waals surface area (Å²) in [4.78, 5) is 11.0. The Bertz CT molecular complexity index is 877. The highest BCUT2D eigenvalue weighted by atomic mass is 35.5. The van der Waals surface area contributed by atoms with Crippen LogP contribution in [-0.4, -0.2) is 28.5 Å². The van der Waals surface area contributed by atoms with E-state index in [9.17, 15) is 13.2 Å². The van der Waals surface area contributed by atoms with E-state index in [1.807, 2.05) is 0 Å². The van der Waals surface area contributed by atoms with Crippen LogP contribution >= 0.6 is 11.6 Å². The zero-order valence-electron chi connectivity index (χ0n) is 13.8. The smallest absolute Gasteiger partial charge is 0.261 e. The van der Waals surface area contributed by atoms with Gasteiger partial charge in [0.25, 0.3) is 10.0 Å². The molecule has 25 heavy (non-hydrogen) atoms.